The molecule has 0 aromatic carbocycles. The Hall–Kier alpha value is -0.550. The molecule has 62 valence electrons. The van der Waals surface area contributed by atoms with Crippen molar-refractivity contribution in [2.24, 2.45) is 11.7 Å². The standard InChI is InChI=1S/C9H16N2/c10-7-1-2-8-3-5-9(11)6-4-8/h8-9H,1-6,11H2. The summed E-state index contributed by atoms with van der Waals surface area (Å²) < 4.78 is 0. The Morgan fingerprint density at radius 2 is 1.91 bits per heavy atom. The number of nitrogens with zero attached hydrogens (tertiary/aromatic N) is 1. The number of rotatable bonds is 2. The highest BCUT2D eigenvalue weighted by Gasteiger charge is 2.17. The Balaban J connectivity index is 2.13. The molecular formula is C9H16N2. The van der Waals surface area contributed by atoms with E-state index in [1.807, 2.05) is 0 Å². The predicted molar refractivity (Wildman–Crippen MR) is 44.8 cm³/mol. The van der Waals surface area contributed by atoms with Crippen LogP contribution in [0.4, 0.5) is 0 Å². The van der Waals surface area contributed by atoms with E-state index in [2.05, 4.69) is 6.07 Å². The fourth-order valence-corrected chi connectivity index (χ4v) is 1.75. The lowest BCUT2D eigenvalue weighted by molar-refractivity contribution is 0.313. The molecule has 0 aliphatic heterocycles. The van der Waals surface area contributed by atoms with Gasteiger partial charge in [-0.05, 0) is 38.0 Å². The number of hydrogen-bond donors (Lipinski definition) is 1. The third kappa shape index (κ3) is 2.90. The summed E-state index contributed by atoms with van der Waals surface area (Å²) in [7, 11) is 0. The summed E-state index contributed by atoms with van der Waals surface area (Å²) in [5.74, 6) is 0.787. The molecule has 0 radical (unpaired) electrons. The maximum Gasteiger partial charge on any atom is 0.0621 e. The first-order valence-corrected chi connectivity index (χ1v) is 4.45. The van der Waals surface area contributed by atoms with Crippen molar-refractivity contribution >= 4 is 0 Å². The SMILES string of the molecule is N#CCCC1CCC(N)CC1. The fraction of sp³-hybridized carbons (Fsp3) is 0.889. The molecule has 1 aliphatic rings. The highest BCUT2D eigenvalue weighted by Crippen LogP contribution is 2.26. The van der Waals surface area contributed by atoms with Gasteiger partial charge in [0.1, 0.15) is 0 Å². The minimum Gasteiger partial charge on any atom is -0.328 e. The van der Waals surface area contributed by atoms with Crippen LogP contribution in [0.3, 0.4) is 0 Å². The van der Waals surface area contributed by atoms with Gasteiger partial charge >= 0.3 is 0 Å². The van der Waals surface area contributed by atoms with E-state index in [-0.39, 0.29) is 0 Å². The van der Waals surface area contributed by atoms with Crippen LogP contribution in [0.5, 0.6) is 0 Å². The molecule has 1 saturated carbocycles. The van der Waals surface area contributed by atoms with Gasteiger partial charge in [0.15, 0.2) is 0 Å². The first kappa shape index (κ1) is 8.55. The first-order chi connectivity index (χ1) is 5.33. The molecule has 0 saturated heterocycles. The largest absolute Gasteiger partial charge is 0.328 e. The smallest absolute Gasteiger partial charge is 0.0621 e. The fourth-order valence-electron chi connectivity index (χ4n) is 1.75. The van der Waals surface area contributed by atoms with E-state index in [4.69, 9.17) is 11.0 Å². The van der Waals surface area contributed by atoms with Crippen LogP contribution in [0.15, 0.2) is 0 Å². The second kappa shape index (κ2) is 4.35. The van der Waals surface area contributed by atoms with E-state index in [9.17, 15) is 0 Å². The van der Waals surface area contributed by atoms with E-state index >= 15 is 0 Å². The zero-order chi connectivity index (χ0) is 8.10. The van der Waals surface area contributed by atoms with E-state index in [0.717, 1.165) is 31.6 Å². The Bertz CT molecular complexity index is 140. The second-order valence-corrected chi connectivity index (χ2v) is 3.48. The van der Waals surface area contributed by atoms with Gasteiger partial charge in [-0.15, -0.1) is 0 Å². The summed E-state index contributed by atoms with van der Waals surface area (Å²) in [5.41, 5.74) is 5.76. The molecule has 0 aromatic rings. The van der Waals surface area contributed by atoms with Crippen molar-refractivity contribution in [2.75, 3.05) is 0 Å². The Kier molecular flexibility index (Phi) is 3.38. The van der Waals surface area contributed by atoms with Crippen LogP contribution >= 0.6 is 0 Å². The maximum absolute atomic E-state index is 8.37. The van der Waals surface area contributed by atoms with Crippen molar-refractivity contribution in [2.45, 2.75) is 44.6 Å². The molecule has 0 atom stereocenters. The lowest BCUT2D eigenvalue weighted by Gasteiger charge is -2.25. The van der Waals surface area contributed by atoms with Crippen LogP contribution in [0.2, 0.25) is 0 Å². The van der Waals surface area contributed by atoms with Crippen LogP contribution in [-0.2, 0) is 0 Å². The first-order valence-electron chi connectivity index (χ1n) is 4.45. The van der Waals surface area contributed by atoms with E-state index in [1.165, 1.54) is 12.8 Å². The summed E-state index contributed by atoms with van der Waals surface area (Å²) in [6.45, 7) is 0. The zero-order valence-corrected chi connectivity index (χ0v) is 6.92. The molecule has 11 heavy (non-hydrogen) atoms. The van der Waals surface area contributed by atoms with Crippen LogP contribution in [-0.4, -0.2) is 6.04 Å². The number of nitrogens with two attached hydrogens (primary N) is 1. The average molecular weight is 152 g/mol. The molecule has 0 spiro atoms. The molecule has 0 bridgehead atoms. The average Bonchev–Trinajstić information content (AvgIpc) is 2.04. The van der Waals surface area contributed by atoms with E-state index in [1.54, 1.807) is 0 Å². The summed E-state index contributed by atoms with van der Waals surface area (Å²) in [6.07, 6.45) is 6.61. The van der Waals surface area contributed by atoms with Gasteiger partial charge in [0.25, 0.3) is 0 Å². The van der Waals surface area contributed by atoms with Crippen molar-refractivity contribution < 1.29 is 0 Å². The molecule has 1 fully saturated rings. The molecule has 2 nitrogen and oxygen atoms in total. The van der Waals surface area contributed by atoms with Crippen LogP contribution < -0.4 is 5.73 Å². The summed E-state index contributed by atoms with van der Waals surface area (Å²) in [4.78, 5) is 0. The third-order valence-corrected chi connectivity index (χ3v) is 2.56. The van der Waals surface area contributed by atoms with Gasteiger partial charge in [0, 0.05) is 12.5 Å². The Morgan fingerprint density at radius 1 is 1.27 bits per heavy atom. The van der Waals surface area contributed by atoms with Crippen LogP contribution in [0.1, 0.15) is 38.5 Å². The highest BCUT2D eigenvalue weighted by atomic mass is 14.6. The minimum atomic E-state index is 0.438. The second-order valence-electron chi connectivity index (χ2n) is 3.48. The van der Waals surface area contributed by atoms with Gasteiger partial charge < -0.3 is 5.73 Å². The normalized spacial score (nSPS) is 31.3. The van der Waals surface area contributed by atoms with Crippen LogP contribution in [0.25, 0.3) is 0 Å². The molecule has 1 rings (SSSR count). The molecule has 0 aromatic heterocycles. The molecule has 2 N–H and O–H groups in total. The zero-order valence-electron chi connectivity index (χ0n) is 6.92. The Labute approximate surface area is 68.4 Å². The number of nitriles is 1. The Morgan fingerprint density at radius 3 is 2.45 bits per heavy atom. The van der Waals surface area contributed by atoms with E-state index in [0.29, 0.717) is 6.04 Å². The lowest BCUT2D eigenvalue weighted by atomic mass is 9.84. The van der Waals surface area contributed by atoms with Gasteiger partial charge in [-0.3, -0.25) is 0 Å². The van der Waals surface area contributed by atoms with Crippen LogP contribution in [0, 0.1) is 17.2 Å². The van der Waals surface area contributed by atoms with Gasteiger partial charge in [-0.25, -0.2) is 0 Å². The van der Waals surface area contributed by atoms with Gasteiger partial charge in [-0.1, -0.05) is 0 Å². The van der Waals surface area contributed by atoms with Crippen molar-refractivity contribution in [3.63, 3.8) is 0 Å². The number of hydrogen-bond acceptors (Lipinski definition) is 2. The van der Waals surface area contributed by atoms with Crippen molar-refractivity contribution in [1.82, 2.24) is 0 Å². The summed E-state index contributed by atoms with van der Waals surface area (Å²) in [6, 6.07) is 2.63. The monoisotopic (exact) mass is 152 g/mol. The van der Waals surface area contributed by atoms with Crippen molar-refractivity contribution in [1.29, 1.82) is 5.26 Å². The molecular weight excluding hydrogens is 136 g/mol. The van der Waals surface area contributed by atoms with Crippen molar-refractivity contribution in [3.8, 4) is 6.07 Å². The molecule has 0 heterocycles. The molecule has 0 amide bonds. The predicted octanol–water partition coefficient (Wildman–Crippen LogP) is 1.81. The highest BCUT2D eigenvalue weighted by molar-refractivity contribution is 4.78. The molecule has 0 unspecified atom stereocenters. The van der Waals surface area contributed by atoms with Gasteiger partial charge in [0.05, 0.1) is 6.07 Å². The third-order valence-electron chi connectivity index (χ3n) is 2.56. The minimum absolute atomic E-state index is 0.438. The molecule has 1 aliphatic carbocycles. The van der Waals surface area contributed by atoms with E-state index < -0.39 is 0 Å². The quantitative estimate of drug-likeness (QED) is 0.656. The summed E-state index contributed by atoms with van der Waals surface area (Å²) in [5, 5.41) is 8.37. The van der Waals surface area contributed by atoms with Crippen molar-refractivity contribution in [3.05, 3.63) is 0 Å². The van der Waals surface area contributed by atoms with Gasteiger partial charge in [0.2, 0.25) is 0 Å². The maximum atomic E-state index is 8.37. The lowest BCUT2D eigenvalue weighted by Crippen LogP contribution is -2.26. The van der Waals surface area contributed by atoms with Gasteiger partial charge in [-0.2, -0.15) is 5.26 Å². The molecule has 2 heteroatoms. The topological polar surface area (TPSA) is 49.8 Å². The summed E-state index contributed by atoms with van der Waals surface area (Å²) >= 11 is 0.